The molecule has 6 rings (SSSR count). The summed E-state index contributed by atoms with van der Waals surface area (Å²) in [4.78, 5) is 32.7. The third-order valence-corrected chi connectivity index (χ3v) is 9.06. The number of esters is 1. The third-order valence-electron chi connectivity index (χ3n) is 8.07. The minimum Gasteiger partial charge on any atom is -0.491 e. The number of hydrogen-bond acceptors (Lipinski definition) is 6. The zero-order chi connectivity index (χ0) is 32.5. The van der Waals surface area contributed by atoms with Crippen LogP contribution in [0.5, 0.6) is 5.75 Å². The molecule has 0 bridgehead atoms. The van der Waals surface area contributed by atoms with Crippen molar-refractivity contribution in [2.24, 2.45) is 4.99 Å². The van der Waals surface area contributed by atoms with Gasteiger partial charge in [0.1, 0.15) is 5.75 Å². The van der Waals surface area contributed by atoms with Crippen molar-refractivity contribution in [3.05, 3.63) is 138 Å². The average Bonchev–Trinajstić information content (AvgIpc) is 3.50. The summed E-state index contributed by atoms with van der Waals surface area (Å²) in [6.45, 7) is 11.9. The van der Waals surface area contributed by atoms with E-state index in [0.717, 1.165) is 39.5 Å². The van der Waals surface area contributed by atoms with Crippen LogP contribution in [0.2, 0.25) is 0 Å². The normalized spacial score (nSPS) is 14.8. The average molecular weight is 632 g/mol. The quantitative estimate of drug-likeness (QED) is 0.180. The van der Waals surface area contributed by atoms with E-state index in [-0.39, 0.29) is 18.3 Å². The summed E-state index contributed by atoms with van der Waals surface area (Å²) in [6.07, 6.45) is 1.96. The summed E-state index contributed by atoms with van der Waals surface area (Å²) in [5.41, 5.74) is 7.88. The zero-order valence-electron chi connectivity index (χ0n) is 26.9. The molecule has 1 atom stereocenters. The Balaban J connectivity index is 1.42. The number of aromatic nitrogens is 2. The van der Waals surface area contributed by atoms with Crippen LogP contribution in [-0.2, 0) is 9.53 Å². The number of benzene rings is 3. The Bertz CT molecular complexity index is 2120. The van der Waals surface area contributed by atoms with Crippen molar-refractivity contribution in [3.8, 4) is 22.6 Å². The molecule has 0 saturated heterocycles. The van der Waals surface area contributed by atoms with Gasteiger partial charge in [0.2, 0.25) is 0 Å². The van der Waals surface area contributed by atoms with Crippen molar-refractivity contribution in [1.29, 1.82) is 0 Å². The predicted molar refractivity (Wildman–Crippen MR) is 183 cm³/mol. The molecule has 0 aliphatic carbocycles. The minimum atomic E-state index is -0.680. The van der Waals surface area contributed by atoms with Crippen molar-refractivity contribution < 1.29 is 14.3 Å². The molecule has 0 amide bonds. The Kier molecular flexibility index (Phi) is 8.65. The van der Waals surface area contributed by atoms with Crippen molar-refractivity contribution in [2.75, 3.05) is 6.61 Å². The minimum absolute atomic E-state index is 0.0244. The SMILES string of the molecule is CCOC(=O)C1=C(C)N=c2s/c(=C\c3cc(C)n(-c4ccc(-c5ccccc5)cc4)c3C)c(=O)n2[C@@H]1c1ccc(OC(C)C)cc1. The van der Waals surface area contributed by atoms with Crippen LogP contribution in [0.4, 0.5) is 0 Å². The molecule has 0 N–H and O–H groups in total. The first kappa shape index (κ1) is 31.0. The fourth-order valence-electron chi connectivity index (χ4n) is 6.01. The maximum absolute atomic E-state index is 14.2. The van der Waals surface area contributed by atoms with Crippen LogP contribution in [-0.4, -0.2) is 27.8 Å². The number of fused-ring (bicyclic) bond motifs is 1. The number of aryl methyl sites for hydroxylation is 1. The molecule has 0 spiro atoms. The molecule has 234 valence electrons. The lowest BCUT2D eigenvalue weighted by Crippen LogP contribution is -2.39. The smallest absolute Gasteiger partial charge is 0.338 e. The van der Waals surface area contributed by atoms with Crippen LogP contribution in [0.3, 0.4) is 0 Å². The Morgan fingerprint density at radius 2 is 1.63 bits per heavy atom. The molecule has 3 aromatic carbocycles. The van der Waals surface area contributed by atoms with Gasteiger partial charge in [-0.05, 0) is 100 Å². The summed E-state index contributed by atoms with van der Waals surface area (Å²) in [5, 5.41) is 0. The summed E-state index contributed by atoms with van der Waals surface area (Å²) in [7, 11) is 0. The number of thiazole rings is 1. The maximum Gasteiger partial charge on any atom is 0.338 e. The van der Waals surface area contributed by atoms with Crippen LogP contribution in [0.25, 0.3) is 22.9 Å². The first-order chi connectivity index (χ1) is 22.2. The van der Waals surface area contributed by atoms with Gasteiger partial charge in [-0.15, -0.1) is 0 Å². The van der Waals surface area contributed by atoms with Crippen molar-refractivity contribution >= 4 is 23.4 Å². The number of nitrogens with zero attached hydrogens (tertiary/aromatic N) is 3. The van der Waals surface area contributed by atoms with Gasteiger partial charge in [0.15, 0.2) is 4.80 Å². The second kappa shape index (κ2) is 12.8. The summed E-state index contributed by atoms with van der Waals surface area (Å²) < 4.78 is 15.6. The number of carbonyl (C=O) groups is 1. The molecular formula is C38H37N3O4S. The molecule has 46 heavy (non-hydrogen) atoms. The van der Waals surface area contributed by atoms with Gasteiger partial charge in [0, 0.05) is 17.1 Å². The maximum atomic E-state index is 14.2. The van der Waals surface area contributed by atoms with Gasteiger partial charge in [-0.1, -0.05) is 65.9 Å². The highest BCUT2D eigenvalue weighted by molar-refractivity contribution is 7.07. The Labute approximate surface area is 272 Å². The molecule has 0 saturated carbocycles. The lowest BCUT2D eigenvalue weighted by Gasteiger charge is -2.25. The number of hydrogen-bond donors (Lipinski definition) is 0. The van der Waals surface area contributed by atoms with E-state index in [1.807, 2.05) is 62.4 Å². The molecule has 8 heteroatoms. The number of rotatable bonds is 8. The standard InChI is InChI=1S/C38H37N3O4S/c1-7-44-37(43)34-25(5)39-38-41(35(34)29-15-19-32(20-16-29)45-23(2)3)36(42)33(46-38)22-30-21-24(4)40(26(30)6)31-17-13-28(14-18-31)27-11-9-8-10-12-27/h8-23,35H,7H2,1-6H3/b33-22-/t35-/m1/s1. The first-order valence-corrected chi connectivity index (χ1v) is 16.3. The van der Waals surface area contributed by atoms with E-state index in [9.17, 15) is 9.59 Å². The Morgan fingerprint density at radius 1 is 0.957 bits per heavy atom. The van der Waals surface area contributed by atoms with E-state index in [4.69, 9.17) is 14.5 Å². The van der Waals surface area contributed by atoms with Crippen LogP contribution in [0.15, 0.2) is 106 Å². The van der Waals surface area contributed by atoms with Crippen LogP contribution in [0, 0.1) is 13.8 Å². The molecular weight excluding hydrogens is 595 g/mol. The van der Waals surface area contributed by atoms with Gasteiger partial charge in [-0.3, -0.25) is 9.36 Å². The van der Waals surface area contributed by atoms with E-state index in [1.54, 1.807) is 18.4 Å². The summed E-state index contributed by atoms with van der Waals surface area (Å²) in [6, 6.07) is 27.8. The molecule has 5 aromatic rings. The predicted octanol–water partition coefficient (Wildman–Crippen LogP) is 6.66. The van der Waals surface area contributed by atoms with E-state index in [1.165, 1.54) is 16.9 Å². The number of carbonyl (C=O) groups excluding carboxylic acids is 1. The second-order valence-corrected chi connectivity index (χ2v) is 12.6. The van der Waals surface area contributed by atoms with E-state index >= 15 is 0 Å². The molecule has 1 aliphatic heterocycles. The van der Waals surface area contributed by atoms with E-state index < -0.39 is 12.0 Å². The summed E-state index contributed by atoms with van der Waals surface area (Å²) >= 11 is 1.32. The fraction of sp³-hybridized carbons (Fsp3) is 0.237. The largest absolute Gasteiger partial charge is 0.491 e. The van der Waals surface area contributed by atoms with Gasteiger partial charge in [-0.2, -0.15) is 0 Å². The van der Waals surface area contributed by atoms with Gasteiger partial charge in [0.05, 0.1) is 34.6 Å². The van der Waals surface area contributed by atoms with Gasteiger partial charge in [0.25, 0.3) is 5.56 Å². The fourth-order valence-corrected chi connectivity index (χ4v) is 7.05. The third kappa shape index (κ3) is 5.88. The Hall–Kier alpha value is -4.95. The van der Waals surface area contributed by atoms with Crippen molar-refractivity contribution in [2.45, 2.75) is 53.7 Å². The number of allylic oxidation sites excluding steroid dienone is 1. The Morgan fingerprint density at radius 3 is 2.28 bits per heavy atom. The zero-order valence-corrected chi connectivity index (χ0v) is 27.7. The molecule has 7 nitrogen and oxygen atoms in total. The highest BCUT2D eigenvalue weighted by atomic mass is 32.1. The highest BCUT2D eigenvalue weighted by Crippen LogP contribution is 2.32. The molecule has 0 unspecified atom stereocenters. The van der Waals surface area contributed by atoms with Crippen LogP contribution >= 0.6 is 11.3 Å². The van der Waals surface area contributed by atoms with E-state index in [2.05, 4.69) is 60.9 Å². The van der Waals surface area contributed by atoms with Crippen molar-refractivity contribution in [3.63, 3.8) is 0 Å². The van der Waals surface area contributed by atoms with E-state index in [0.29, 0.717) is 20.6 Å². The molecule has 3 heterocycles. The van der Waals surface area contributed by atoms with Gasteiger partial charge in [-0.25, -0.2) is 9.79 Å². The highest BCUT2D eigenvalue weighted by Gasteiger charge is 2.33. The lowest BCUT2D eigenvalue weighted by molar-refractivity contribution is -0.139. The topological polar surface area (TPSA) is 74.8 Å². The molecule has 0 radical (unpaired) electrons. The van der Waals surface area contributed by atoms with Crippen LogP contribution < -0.4 is 19.6 Å². The molecule has 0 fully saturated rings. The first-order valence-electron chi connectivity index (χ1n) is 15.5. The number of ether oxygens (including phenoxy) is 2. The van der Waals surface area contributed by atoms with Crippen LogP contribution in [0.1, 0.15) is 56.3 Å². The molecule has 1 aliphatic rings. The van der Waals surface area contributed by atoms with Gasteiger partial charge >= 0.3 is 5.97 Å². The van der Waals surface area contributed by atoms with Gasteiger partial charge < -0.3 is 14.0 Å². The second-order valence-electron chi connectivity index (χ2n) is 11.6. The molecule has 2 aromatic heterocycles. The van der Waals surface area contributed by atoms with Crippen molar-refractivity contribution in [1.82, 2.24) is 9.13 Å². The monoisotopic (exact) mass is 631 g/mol. The lowest BCUT2D eigenvalue weighted by atomic mass is 9.96. The summed E-state index contributed by atoms with van der Waals surface area (Å²) in [5.74, 6) is 0.238.